The molecule has 1 unspecified atom stereocenters. The first-order valence-electron chi connectivity index (χ1n) is 5.46. The van der Waals surface area contributed by atoms with Crippen molar-refractivity contribution in [1.29, 1.82) is 0 Å². The summed E-state index contributed by atoms with van der Waals surface area (Å²) in [4.78, 5) is 24.4. The highest BCUT2D eigenvalue weighted by Crippen LogP contribution is 2.37. The molecule has 0 aromatic carbocycles. The first-order chi connectivity index (χ1) is 7.06. The summed E-state index contributed by atoms with van der Waals surface area (Å²) in [5, 5.41) is 0. The van der Waals surface area contributed by atoms with Gasteiger partial charge in [-0.1, -0.05) is 6.92 Å². The van der Waals surface area contributed by atoms with E-state index in [0.29, 0.717) is 12.5 Å². The maximum atomic E-state index is 11.8. The molecule has 0 aromatic heterocycles. The summed E-state index contributed by atoms with van der Waals surface area (Å²) in [7, 11) is 1.65. The number of ether oxygens (including phenoxy) is 1. The molecule has 0 radical (unpaired) electrons. The molecule has 1 aliphatic rings. The number of carbonyl (C=O) groups excluding carboxylic acids is 2. The first kappa shape index (κ1) is 12.0. The third kappa shape index (κ3) is 3.53. The van der Waals surface area contributed by atoms with Crippen molar-refractivity contribution in [3.63, 3.8) is 0 Å². The second-order valence-corrected chi connectivity index (χ2v) is 4.13. The molecular formula is C11H19NO3. The van der Waals surface area contributed by atoms with Crippen LogP contribution in [0.15, 0.2) is 0 Å². The van der Waals surface area contributed by atoms with Crippen LogP contribution in [-0.4, -0.2) is 37.0 Å². The zero-order valence-electron chi connectivity index (χ0n) is 9.66. The minimum atomic E-state index is -0.337. The minimum absolute atomic E-state index is 0.0458. The van der Waals surface area contributed by atoms with Gasteiger partial charge in [-0.3, -0.25) is 9.59 Å². The van der Waals surface area contributed by atoms with Crippen LogP contribution in [-0.2, 0) is 14.3 Å². The van der Waals surface area contributed by atoms with Gasteiger partial charge >= 0.3 is 5.97 Å². The van der Waals surface area contributed by atoms with E-state index in [4.69, 9.17) is 4.74 Å². The van der Waals surface area contributed by atoms with Gasteiger partial charge in [-0.05, 0) is 25.7 Å². The van der Waals surface area contributed by atoms with Crippen LogP contribution in [0.5, 0.6) is 0 Å². The van der Waals surface area contributed by atoms with E-state index in [0.717, 1.165) is 12.8 Å². The van der Waals surface area contributed by atoms with Gasteiger partial charge in [0, 0.05) is 13.0 Å². The van der Waals surface area contributed by atoms with Gasteiger partial charge < -0.3 is 9.64 Å². The van der Waals surface area contributed by atoms with Crippen LogP contribution in [0, 0.1) is 11.8 Å². The number of likely N-dealkylation sites (N-methyl/N-ethyl adjacent to an activating group) is 1. The molecule has 0 heterocycles. The number of hydrogen-bond acceptors (Lipinski definition) is 3. The quantitative estimate of drug-likeness (QED) is 0.641. The van der Waals surface area contributed by atoms with Gasteiger partial charge in [-0.2, -0.15) is 0 Å². The third-order valence-electron chi connectivity index (χ3n) is 2.77. The molecule has 0 N–H and O–H groups in total. The molecule has 1 fully saturated rings. The summed E-state index contributed by atoms with van der Waals surface area (Å²) < 4.78 is 4.79. The van der Waals surface area contributed by atoms with Crippen molar-refractivity contribution in [2.75, 3.05) is 20.2 Å². The Hall–Kier alpha value is -1.06. The summed E-state index contributed by atoms with van der Waals surface area (Å²) >= 11 is 0. The molecule has 0 bridgehead atoms. The topological polar surface area (TPSA) is 46.6 Å². The van der Waals surface area contributed by atoms with Crippen molar-refractivity contribution in [2.45, 2.75) is 26.7 Å². The Morgan fingerprint density at radius 3 is 2.53 bits per heavy atom. The number of esters is 1. The van der Waals surface area contributed by atoms with Gasteiger partial charge in [0.15, 0.2) is 0 Å². The van der Waals surface area contributed by atoms with Gasteiger partial charge in [0.25, 0.3) is 0 Å². The molecule has 0 spiro atoms. The number of nitrogens with zero attached hydrogens (tertiary/aromatic N) is 1. The fraction of sp³-hybridized carbons (Fsp3) is 0.818. The molecule has 1 rings (SSSR count). The number of amides is 1. The summed E-state index contributed by atoms with van der Waals surface area (Å²) in [6.07, 6.45) is 2.28. The number of rotatable bonds is 5. The molecule has 1 aliphatic carbocycles. The zero-order chi connectivity index (χ0) is 11.4. The van der Waals surface area contributed by atoms with Crippen LogP contribution >= 0.6 is 0 Å². The van der Waals surface area contributed by atoms with Crippen molar-refractivity contribution in [1.82, 2.24) is 4.90 Å². The van der Waals surface area contributed by atoms with E-state index in [1.807, 2.05) is 6.92 Å². The fourth-order valence-corrected chi connectivity index (χ4v) is 1.62. The standard InChI is InChI=1S/C11H19NO3/c1-4-15-10(13)7-12(3)11(14)8(2)9-5-6-9/h8-9H,4-7H2,1-3H3. The molecule has 15 heavy (non-hydrogen) atoms. The highest BCUT2D eigenvalue weighted by molar-refractivity contribution is 5.83. The Balaban J connectivity index is 2.34. The largest absolute Gasteiger partial charge is 0.465 e. The molecule has 0 aliphatic heterocycles. The summed E-state index contributed by atoms with van der Waals surface area (Å²) in [6.45, 7) is 4.11. The van der Waals surface area contributed by atoms with Crippen LogP contribution in [0.3, 0.4) is 0 Å². The molecule has 4 heteroatoms. The maximum absolute atomic E-state index is 11.8. The predicted octanol–water partition coefficient (Wildman–Crippen LogP) is 1.05. The average molecular weight is 213 g/mol. The predicted molar refractivity (Wildman–Crippen MR) is 56.2 cm³/mol. The third-order valence-corrected chi connectivity index (χ3v) is 2.77. The highest BCUT2D eigenvalue weighted by Gasteiger charge is 2.34. The lowest BCUT2D eigenvalue weighted by Gasteiger charge is -2.20. The van der Waals surface area contributed by atoms with Gasteiger partial charge in [0.1, 0.15) is 6.54 Å². The van der Waals surface area contributed by atoms with Crippen molar-refractivity contribution >= 4 is 11.9 Å². The second kappa shape index (κ2) is 5.14. The summed E-state index contributed by atoms with van der Waals surface area (Å²) in [6, 6.07) is 0. The molecule has 1 saturated carbocycles. The lowest BCUT2D eigenvalue weighted by Crippen LogP contribution is -2.37. The van der Waals surface area contributed by atoms with Crippen LogP contribution in [0.4, 0.5) is 0 Å². The SMILES string of the molecule is CCOC(=O)CN(C)C(=O)C(C)C1CC1. The molecule has 1 atom stereocenters. The maximum Gasteiger partial charge on any atom is 0.325 e. The molecular weight excluding hydrogens is 194 g/mol. The summed E-state index contributed by atoms with van der Waals surface area (Å²) in [5.74, 6) is 0.286. The monoisotopic (exact) mass is 213 g/mol. The number of hydrogen-bond donors (Lipinski definition) is 0. The Bertz CT molecular complexity index is 248. The van der Waals surface area contributed by atoms with E-state index in [2.05, 4.69) is 0 Å². The Kier molecular flexibility index (Phi) is 4.12. The van der Waals surface area contributed by atoms with Crippen LogP contribution < -0.4 is 0 Å². The molecule has 0 aromatic rings. The van der Waals surface area contributed by atoms with Crippen molar-refractivity contribution in [3.8, 4) is 0 Å². The second-order valence-electron chi connectivity index (χ2n) is 4.13. The lowest BCUT2D eigenvalue weighted by molar-refractivity contribution is -0.149. The van der Waals surface area contributed by atoms with Crippen LogP contribution in [0.2, 0.25) is 0 Å². The highest BCUT2D eigenvalue weighted by atomic mass is 16.5. The van der Waals surface area contributed by atoms with Crippen LogP contribution in [0.1, 0.15) is 26.7 Å². The Labute approximate surface area is 90.6 Å². The fourth-order valence-electron chi connectivity index (χ4n) is 1.62. The minimum Gasteiger partial charge on any atom is -0.465 e. The van der Waals surface area contributed by atoms with E-state index >= 15 is 0 Å². The van der Waals surface area contributed by atoms with Gasteiger partial charge in [-0.25, -0.2) is 0 Å². The molecule has 1 amide bonds. The van der Waals surface area contributed by atoms with Crippen molar-refractivity contribution in [2.24, 2.45) is 11.8 Å². The number of carbonyl (C=O) groups is 2. The average Bonchev–Trinajstić information content (AvgIpc) is 2.99. The van der Waals surface area contributed by atoms with Gasteiger partial charge in [0.2, 0.25) is 5.91 Å². The normalized spacial score (nSPS) is 17.0. The van der Waals surface area contributed by atoms with Crippen LogP contribution in [0.25, 0.3) is 0 Å². The zero-order valence-corrected chi connectivity index (χ0v) is 9.66. The lowest BCUT2D eigenvalue weighted by atomic mass is 10.1. The van der Waals surface area contributed by atoms with E-state index in [9.17, 15) is 9.59 Å². The smallest absolute Gasteiger partial charge is 0.325 e. The molecule has 0 saturated heterocycles. The Morgan fingerprint density at radius 2 is 2.07 bits per heavy atom. The van der Waals surface area contributed by atoms with Crippen molar-refractivity contribution in [3.05, 3.63) is 0 Å². The molecule has 86 valence electrons. The molecule has 4 nitrogen and oxygen atoms in total. The van der Waals surface area contributed by atoms with E-state index in [-0.39, 0.29) is 24.3 Å². The Morgan fingerprint density at radius 1 is 1.47 bits per heavy atom. The first-order valence-corrected chi connectivity index (χ1v) is 5.46. The summed E-state index contributed by atoms with van der Waals surface area (Å²) in [5.41, 5.74) is 0. The van der Waals surface area contributed by atoms with Gasteiger partial charge in [-0.15, -0.1) is 0 Å². The van der Waals surface area contributed by atoms with E-state index in [1.54, 1.807) is 14.0 Å². The van der Waals surface area contributed by atoms with E-state index in [1.165, 1.54) is 4.90 Å². The van der Waals surface area contributed by atoms with Gasteiger partial charge in [0.05, 0.1) is 6.61 Å². The van der Waals surface area contributed by atoms with Crippen molar-refractivity contribution < 1.29 is 14.3 Å². The van der Waals surface area contributed by atoms with E-state index < -0.39 is 0 Å².